The zero-order valence-corrected chi connectivity index (χ0v) is 13.2. The molecule has 3 heterocycles. The predicted molar refractivity (Wildman–Crippen MR) is 89.0 cm³/mol. The van der Waals surface area contributed by atoms with Crippen LogP contribution >= 0.6 is 0 Å². The first-order valence-corrected chi connectivity index (χ1v) is 7.49. The lowest BCUT2D eigenvalue weighted by Gasteiger charge is -2.10. The van der Waals surface area contributed by atoms with Crippen LogP contribution in [0.1, 0.15) is 16.3 Å². The second kappa shape index (κ2) is 7.32. The van der Waals surface area contributed by atoms with E-state index in [0.717, 1.165) is 5.82 Å². The fourth-order valence-electron chi connectivity index (χ4n) is 2.14. The van der Waals surface area contributed by atoms with Crippen molar-refractivity contribution in [2.45, 2.75) is 6.92 Å². The molecule has 0 spiro atoms. The Morgan fingerprint density at radius 3 is 2.75 bits per heavy atom. The summed E-state index contributed by atoms with van der Waals surface area (Å²) in [6.07, 6.45) is 8.29. The van der Waals surface area contributed by atoms with E-state index in [2.05, 4.69) is 30.6 Å². The van der Waals surface area contributed by atoms with Crippen LogP contribution < -0.4 is 10.6 Å². The fraction of sp³-hybridized carbons (Fsp3) is 0.188. The van der Waals surface area contributed by atoms with Crippen LogP contribution in [0.4, 0.5) is 5.82 Å². The Labute approximate surface area is 139 Å². The van der Waals surface area contributed by atoms with Crippen molar-refractivity contribution < 1.29 is 4.79 Å². The first-order valence-electron chi connectivity index (χ1n) is 7.49. The highest BCUT2D eigenvalue weighted by molar-refractivity contribution is 5.91. The van der Waals surface area contributed by atoms with Crippen molar-refractivity contribution in [2.75, 3.05) is 18.4 Å². The van der Waals surface area contributed by atoms with Gasteiger partial charge in [0.15, 0.2) is 0 Å². The molecule has 0 saturated carbocycles. The van der Waals surface area contributed by atoms with Crippen LogP contribution in [-0.4, -0.2) is 43.5 Å². The molecule has 0 radical (unpaired) electrons. The van der Waals surface area contributed by atoms with Gasteiger partial charge in [0.25, 0.3) is 5.91 Å². The Balaban J connectivity index is 1.54. The number of nitrogens with zero attached hydrogens (tertiary/aromatic N) is 5. The minimum Gasteiger partial charge on any atom is -0.368 e. The second-order valence-electron chi connectivity index (χ2n) is 5.02. The average molecular weight is 323 g/mol. The molecule has 122 valence electrons. The number of rotatable bonds is 6. The van der Waals surface area contributed by atoms with E-state index >= 15 is 0 Å². The first-order chi connectivity index (χ1) is 11.7. The van der Waals surface area contributed by atoms with Crippen LogP contribution in [-0.2, 0) is 0 Å². The lowest BCUT2D eigenvalue weighted by Crippen LogP contribution is -2.29. The Morgan fingerprint density at radius 1 is 1.17 bits per heavy atom. The Hall–Kier alpha value is -3.29. The Kier molecular flexibility index (Phi) is 4.76. The molecule has 0 aromatic carbocycles. The van der Waals surface area contributed by atoms with Crippen molar-refractivity contribution in [2.24, 2.45) is 0 Å². The zero-order valence-electron chi connectivity index (χ0n) is 13.2. The molecule has 1 amide bonds. The van der Waals surface area contributed by atoms with E-state index < -0.39 is 0 Å². The summed E-state index contributed by atoms with van der Waals surface area (Å²) in [4.78, 5) is 28.4. The first kappa shape index (κ1) is 15.6. The lowest BCUT2D eigenvalue weighted by molar-refractivity contribution is 0.0950. The summed E-state index contributed by atoms with van der Waals surface area (Å²) in [6, 6.07) is 5.73. The van der Waals surface area contributed by atoms with Crippen molar-refractivity contribution in [1.29, 1.82) is 0 Å². The van der Waals surface area contributed by atoms with Crippen molar-refractivity contribution >= 4 is 11.7 Å². The predicted octanol–water partition coefficient (Wildman–Crippen LogP) is 1.21. The molecule has 0 bridgehead atoms. The fourth-order valence-corrected chi connectivity index (χ4v) is 2.14. The van der Waals surface area contributed by atoms with Crippen molar-refractivity contribution in [1.82, 2.24) is 29.8 Å². The number of aryl methyl sites for hydroxylation is 1. The maximum atomic E-state index is 11.8. The van der Waals surface area contributed by atoms with Crippen LogP contribution in [0.25, 0.3) is 5.82 Å². The number of anilines is 1. The molecule has 3 aromatic rings. The standard InChI is InChI=1S/C16H17N7O/c1-12-21-14(10-15(22-12)23-8-2-3-9-23)19-6-7-20-16(24)13-11-17-4-5-18-13/h2-5,8-11H,6-7H2,1H3,(H,20,24)(H,19,21,22). The van der Waals surface area contributed by atoms with Crippen molar-refractivity contribution in [3.63, 3.8) is 0 Å². The zero-order chi connectivity index (χ0) is 16.8. The lowest BCUT2D eigenvalue weighted by atomic mass is 10.4. The van der Waals surface area contributed by atoms with Crippen LogP contribution in [0.15, 0.2) is 49.2 Å². The monoisotopic (exact) mass is 323 g/mol. The summed E-state index contributed by atoms with van der Waals surface area (Å²) in [6.45, 7) is 2.82. The summed E-state index contributed by atoms with van der Waals surface area (Å²) >= 11 is 0. The van der Waals surface area contributed by atoms with Crippen LogP contribution in [0.2, 0.25) is 0 Å². The third kappa shape index (κ3) is 3.92. The summed E-state index contributed by atoms with van der Waals surface area (Å²) in [5.74, 6) is 1.92. The minimum atomic E-state index is -0.253. The van der Waals surface area contributed by atoms with E-state index in [4.69, 9.17) is 0 Å². The quantitative estimate of drug-likeness (QED) is 0.662. The molecule has 2 N–H and O–H groups in total. The SMILES string of the molecule is Cc1nc(NCCNC(=O)c2cnccn2)cc(-n2cccc2)n1. The molecule has 0 aliphatic rings. The third-order valence-corrected chi connectivity index (χ3v) is 3.21. The summed E-state index contributed by atoms with van der Waals surface area (Å²) in [7, 11) is 0. The van der Waals surface area contributed by atoms with E-state index in [-0.39, 0.29) is 5.91 Å². The molecule has 0 aliphatic heterocycles. The molecule has 0 fully saturated rings. The molecule has 3 aromatic heterocycles. The van der Waals surface area contributed by atoms with E-state index in [1.54, 1.807) is 0 Å². The number of aromatic nitrogens is 5. The average Bonchev–Trinajstić information content (AvgIpc) is 3.13. The number of hydrogen-bond donors (Lipinski definition) is 2. The van der Waals surface area contributed by atoms with Gasteiger partial charge in [-0.2, -0.15) is 0 Å². The molecule has 8 nitrogen and oxygen atoms in total. The highest BCUT2D eigenvalue weighted by Gasteiger charge is 2.06. The topological polar surface area (TPSA) is 97.6 Å². The normalized spacial score (nSPS) is 10.4. The summed E-state index contributed by atoms with van der Waals surface area (Å²) in [5.41, 5.74) is 0.297. The minimum absolute atomic E-state index is 0.253. The van der Waals surface area contributed by atoms with Gasteiger partial charge in [0.05, 0.1) is 6.20 Å². The molecule has 0 atom stereocenters. The van der Waals surface area contributed by atoms with Crippen molar-refractivity contribution in [3.05, 3.63) is 60.7 Å². The second-order valence-corrected chi connectivity index (χ2v) is 5.02. The smallest absolute Gasteiger partial charge is 0.271 e. The van der Waals surface area contributed by atoms with Crippen LogP contribution in [0, 0.1) is 6.92 Å². The number of hydrogen-bond acceptors (Lipinski definition) is 6. The number of nitrogens with one attached hydrogen (secondary N) is 2. The summed E-state index contributed by atoms with van der Waals surface area (Å²) < 4.78 is 1.91. The highest BCUT2D eigenvalue weighted by Crippen LogP contribution is 2.10. The van der Waals surface area contributed by atoms with Gasteiger partial charge in [-0.25, -0.2) is 15.0 Å². The molecular weight excluding hydrogens is 306 g/mol. The Bertz CT molecular complexity index is 803. The molecule has 3 rings (SSSR count). The van der Waals surface area contributed by atoms with E-state index in [1.165, 1.54) is 18.6 Å². The van der Waals surface area contributed by atoms with Gasteiger partial charge < -0.3 is 15.2 Å². The van der Waals surface area contributed by atoms with Gasteiger partial charge in [-0.1, -0.05) is 0 Å². The van der Waals surface area contributed by atoms with Gasteiger partial charge in [-0.3, -0.25) is 9.78 Å². The van der Waals surface area contributed by atoms with Crippen LogP contribution in [0.3, 0.4) is 0 Å². The van der Waals surface area contributed by atoms with Crippen LogP contribution in [0.5, 0.6) is 0 Å². The largest absolute Gasteiger partial charge is 0.368 e. The van der Waals surface area contributed by atoms with E-state index in [0.29, 0.717) is 30.4 Å². The van der Waals surface area contributed by atoms with E-state index in [9.17, 15) is 4.79 Å². The van der Waals surface area contributed by atoms with Crippen molar-refractivity contribution in [3.8, 4) is 5.82 Å². The van der Waals surface area contributed by atoms with Gasteiger partial charge >= 0.3 is 0 Å². The van der Waals surface area contributed by atoms with Gasteiger partial charge in [0, 0.05) is 43.9 Å². The van der Waals surface area contributed by atoms with Gasteiger partial charge in [-0.05, 0) is 19.1 Å². The number of carbonyl (C=O) groups is 1. The molecule has 0 unspecified atom stereocenters. The maximum Gasteiger partial charge on any atom is 0.271 e. The van der Waals surface area contributed by atoms with E-state index in [1.807, 2.05) is 42.1 Å². The third-order valence-electron chi connectivity index (χ3n) is 3.21. The molecule has 0 saturated heterocycles. The Morgan fingerprint density at radius 2 is 2.00 bits per heavy atom. The molecular formula is C16H17N7O. The molecule has 8 heteroatoms. The van der Waals surface area contributed by atoms with Gasteiger partial charge in [0.2, 0.25) is 0 Å². The molecule has 0 aliphatic carbocycles. The maximum absolute atomic E-state index is 11.8. The van der Waals surface area contributed by atoms with Gasteiger partial charge in [-0.15, -0.1) is 0 Å². The number of carbonyl (C=O) groups excluding carboxylic acids is 1. The molecule has 24 heavy (non-hydrogen) atoms. The summed E-state index contributed by atoms with van der Waals surface area (Å²) in [5, 5.41) is 5.95. The number of amides is 1. The van der Waals surface area contributed by atoms with Gasteiger partial charge in [0.1, 0.15) is 23.2 Å². The highest BCUT2D eigenvalue weighted by atomic mass is 16.1.